The Bertz CT molecular complexity index is 881. The van der Waals surface area contributed by atoms with E-state index in [4.69, 9.17) is 19.2 Å². The Morgan fingerprint density at radius 2 is 2.00 bits per heavy atom. The van der Waals surface area contributed by atoms with E-state index in [1.165, 1.54) is 31.9 Å². The maximum Gasteiger partial charge on any atom is 0.408 e. The van der Waals surface area contributed by atoms with Gasteiger partial charge >= 0.3 is 12.1 Å². The zero-order chi connectivity index (χ0) is 26.2. The van der Waals surface area contributed by atoms with E-state index in [1.54, 1.807) is 27.9 Å². The summed E-state index contributed by atoms with van der Waals surface area (Å²) < 4.78 is 15.6. The number of rotatable bonds is 13. The third kappa shape index (κ3) is 8.92. The molecule has 1 aliphatic carbocycles. The Morgan fingerprint density at radius 1 is 1.22 bits per heavy atom. The van der Waals surface area contributed by atoms with Gasteiger partial charge in [0.25, 0.3) is 0 Å². The molecular formula is C27H44N4O5. The first-order valence-electron chi connectivity index (χ1n) is 13.1. The number of methoxy groups -OCH3 is 2. The zero-order valence-corrected chi connectivity index (χ0v) is 22.7. The quantitative estimate of drug-likeness (QED) is 0.393. The molecule has 1 amide bonds. The average molecular weight is 505 g/mol. The molecule has 1 unspecified atom stereocenters. The number of alkyl carbamates (subject to hydrolysis) is 1. The molecule has 36 heavy (non-hydrogen) atoms. The van der Waals surface area contributed by atoms with Crippen LogP contribution in [0.3, 0.4) is 0 Å². The van der Waals surface area contributed by atoms with Gasteiger partial charge in [0, 0.05) is 39.0 Å². The van der Waals surface area contributed by atoms with Crippen LogP contribution in [0.15, 0.2) is 12.1 Å². The number of hydrogen-bond donors (Lipinski definition) is 2. The number of fused-ring (bicyclic) bond motifs is 1. The van der Waals surface area contributed by atoms with Gasteiger partial charge in [-0.3, -0.25) is 0 Å². The molecule has 0 bridgehead atoms. The zero-order valence-electron chi connectivity index (χ0n) is 22.7. The number of carbonyl (C=O) groups is 2. The molecule has 3 rings (SSSR count). The number of anilines is 1. The molecule has 0 aromatic carbocycles. The minimum absolute atomic E-state index is 0.262. The maximum atomic E-state index is 12.4. The average Bonchev–Trinajstić information content (AvgIpc) is 3.61. The standard InChI is InChI=1S/C27H44N4O5/c1-26(2,3)36-25(33)30-22(24(32)35-5)11-16-31(17-18-34-4)19-27(13-14-27)12-10-21-9-8-20-7-6-15-28-23(20)29-21/h8-9,22H,6-7,10-19H2,1-5H3,(H,28,29)(H,30,33). The number of amides is 1. The van der Waals surface area contributed by atoms with Crippen LogP contribution in [0.2, 0.25) is 0 Å². The van der Waals surface area contributed by atoms with Crippen LogP contribution in [0.5, 0.6) is 0 Å². The van der Waals surface area contributed by atoms with Gasteiger partial charge in [0.05, 0.1) is 13.7 Å². The number of carbonyl (C=O) groups excluding carboxylic acids is 2. The first-order chi connectivity index (χ1) is 17.1. The maximum absolute atomic E-state index is 12.4. The van der Waals surface area contributed by atoms with E-state index in [2.05, 4.69) is 27.7 Å². The van der Waals surface area contributed by atoms with E-state index in [-0.39, 0.29) is 5.41 Å². The second-order valence-electron chi connectivity index (χ2n) is 11.1. The second-order valence-corrected chi connectivity index (χ2v) is 11.1. The van der Waals surface area contributed by atoms with Crippen molar-refractivity contribution >= 4 is 17.9 Å². The van der Waals surface area contributed by atoms with Crippen molar-refractivity contribution in [2.24, 2.45) is 5.41 Å². The SMILES string of the molecule is COCCN(CCC(NC(=O)OC(C)(C)C)C(=O)OC)CC1(CCc2ccc3c(n2)NCCC3)CC1. The number of pyridine rings is 1. The number of aromatic nitrogens is 1. The second kappa shape index (κ2) is 12.7. The van der Waals surface area contributed by atoms with E-state index >= 15 is 0 Å². The van der Waals surface area contributed by atoms with Crippen LogP contribution in [0.1, 0.15) is 64.1 Å². The fraction of sp³-hybridized carbons (Fsp3) is 0.741. The number of esters is 1. The third-order valence-electron chi connectivity index (χ3n) is 6.90. The lowest BCUT2D eigenvalue weighted by molar-refractivity contribution is -0.143. The highest BCUT2D eigenvalue weighted by atomic mass is 16.6. The largest absolute Gasteiger partial charge is 0.467 e. The summed E-state index contributed by atoms with van der Waals surface area (Å²) >= 11 is 0. The summed E-state index contributed by atoms with van der Waals surface area (Å²) in [5, 5.41) is 6.11. The smallest absolute Gasteiger partial charge is 0.408 e. The van der Waals surface area contributed by atoms with Crippen LogP contribution in [0.25, 0.3) is 0 Å². The molecule has 1 aliphatic heterocycles. The molecule has 202 valence electrons. The number of hydrogen-bond acceptors (Lipinski definition) is 8. The van der Waals surface area contributed by atoms with Crippen LogP contribution >= 0.6 is 0 Å². The Morgan fingerprint density at radius 3 is 2.67 bits per heavy atom. The van der Waals surface area contributed by atoms with Gasteiger partial charge in [-0.2, -0.15) is 0 Å². The Balaban J connectivity index is 1.56. The lowest BCUT2D eigenvalue weighted by Crippen LogP contribution is -2.46. The number of ether oxygens (including phenoxy) is 3. The lowest BCUT2D eigenvalue weighted by atomic mass is 9.97. The predicted octanol–water partition coefficient (Wildman–Crippen LogP) is 3.56. The van der Waals surface area contributed by atoms with E-state index in [0.29, 0.717) is 19.6 Å². The van der Waals surface area contributed by atoms with Gasteiger partial charge in [0.1, 0.15) is 17.5 Å². The van der Waals surface area contributed by atoms with Crippen molar-refractivity contribution in [3.8, 4) is 0 Å². The fourth-order valence-corrected chi connectivity index (χ4v) is 4.68. The minimum atomic E-state index is -0.766. The Kier molecular flexibility index (Phi) is 9.96. The summed E-state index contributed by atoms with van der Waals surface area (Å²) in [7, 11) is 3.03. The molecule has 0 saturated heterocycles. The molecule has 1 atom stereocenters. The van der Waals surface area contributed by atoms with Crippen LogP contribution in [0, 0.1) is 5.41 Å². The minimum Gasteiger partial charge on any atom is -0.467 e. The van der Waals surface area contributed by atoms with Gasteiger partial charge in [0.2, 0.25) is 0 Å². The lowest BCUT2D eigenvalue weighted by Gasteiger charge is -2.29. The number of nitrogens with zero attached hydrogens (tertiary/aromatic N) is 2. The number of nitrogens with one attached hydrogen (secondary N) is 2. The monoisotopic (exact) mass is 504 g/mol. The summed E-state index contributed by atoms with van der Waals surface area (Å²) in [5.41, 5.74) is 2.08. The van der Waals surface area contributed by atoms with Gasteiger partial charge in [-0.05, 0) is 82.8 Å². The highest BCUT2D eigenvalue weighted by Crippen LogP contribution is 2.50. The Labute approximate surface area is 215 Å². The van der Waals surface area contributed by atoms with Crippen molar-refractivity contribution in [1.29, 1.82) is 0 Å². The topological polar surface area (TPSA) is 102 Å². The van der Waals surface area contributed by atoms with Crippen molar-refractivity contribution in [2.45, 2.75) is 77.4 Å². The summed E-state index contributed by atoms with van der Waals surface area (Å²) in [5.74, 6) is 0.581. The molecule has 2 N–H and O–H groups in total. The summed E-state index contributed by atoms with van der Waals surface area (Å²) in [6.07, 6.45) is 6.50. The molecule has 1 fully saturated rings. The van der Waals surface area contributed by atoms with Crippen molar-refractivity contribution in [1.82, 2.24) is 15.2 Å². The number of aryl methyl sites for hydroxylation is 2. The summed E-state index contributed by atoms with van der Waals surface area (Å²) in [4.78, 5) is 31.8. The highest BCUT2D eigenvalue weighted by molar-refractivity contribution is 5.81. The normalized spacial score (nSPS) is 17.1. The third-order valence-corrected chi connectivity index (χ3v) is 6.90. The predicted molar refractivity (Wildman–Crippen MR) is 139 cm³/mol. The Hall–Kier alpha value is -2.39. The first-order valence-corrected chi connectivity index (χ1v) is 13.1. The molecule has 1 aromatic rings. The molecule has 1 aromatic heterocycles. The van der Waals surface area contributed by atoms with E-state index in [0.717, 1.165) is 50.4 Å². The van der Waals surface area contributed by atoms with Gasteiger partial charge in [-0.15, -0.1) is 0 Å². The first kappa shape index (κ1) is 28.2. The summed E-state index contributed by atoms with van der Waals surface area (Å²) in [6, 6.07) is 3.63. The van der Waals surface area contributed by atoms with Gasteiger partial charge in [0.15, 0.2) is 0 Å². The molecule has 2 aliphatic rings. The van der Waals surface area contributed by atoms with Crippen LogP contribution < -0.4 is 10.6 Å². The highest BCUT2D eigenvalue weighted by Gasteiger charge is 2.43. The van der Waals surface area contributed by atoms with Gasteiger partial charge < -0.3 is 29.7 Å². The molecule has 0 spiro atoms. The van der Waals surface area contributed by atoms with E-state index in [1.807, 2.05) is 0 Å². The molecule has 1 saturated carbocycles. The van der Waals surface area contributed by atoms with Crippen molar-refractivity contribution < 1.29 is 23.8 Å². The molecule has 9 heteroatoms. The molecular weight excluding hydrogens is 460 g/mol. The molecule has 0 radical (unpaired) electrons. The van der Waals surface area contributed by atoms with Crippen LogP contribution in [0.4, 0.5) is 10.6 Å². The van der Waals surface area contributed by atoms with Crippen LogP contribution in [-0.2, 0) is 31.8 Å². The van der Waals surface area contributed by atoms with Crippen LogP contribution in [-0.4, -0.2) is 80.6 Å². The van der Waals surface area contributed by atoms with Gasteiger partial charge in [-0.1, -0.05) is 6.07 Å². The molecule has 2 heterocycles. The van der Waals surface area contributed by atoms with Gasteiger partial charge in [-0.25, -0.2) is 14.6 Å². The van der Waals surface area contributed by atoms with Crippen molar-refractivity contribution in [3.63, 3.8) is 0 Å². The van der Waals surface area contributed by atoms with E-state index in [9.17, 15) is 9.59 Å². The fourth-order valence-electron chi connectivity index (χ4n) is 4.68. The molecule has 9 nitrogen and oxygen atoms in total. The van der Waals surface area contributed by atoms with Crippen molar-refractivity contribution in [3.05, 3.63) is 23.4 Å². The van der Waals surface area contributed by atoms with E-state index < -0.39 is 23.7 Å². The van der Waals surface area contributed by atoms with Crippen molar-refractivity contribution in [2.75, 3.05) is 52.3 Å². The summed E-state index contributed by atoms with van der Waals surface area (Å²) in [6.45, 7) is 9.31.